The van der Waals surface area contributed by atoms with E-state index in [0.717, 1.165) is 31.2 Å². The lowest BCUT2D eigenvalue weighted by Crippen LogP contribution is -2.58. The molecule has 0 spiro atoms. The van der Waals surface area contributed by atoms with E-state index in [0.29, 0.717) is 18.5 Å². The van der Waals surface area contributed by atoms with Crippen LogP contribution in [-0.2, 0) is 16.0 Å². The van der Waals surface area contributed by atoms with Gasteiger partial charge in [0, 0.05) is 12.6 Å². The second-order valence-corrected chi connectivity index (χ2v) is 8.39. The lowest BCUT2D eigenvalue weighted by Gasteiger charge is -2.43. The number of rotatable bonds is 5. The summed E-state index contributed by atoms with van der Waals surface area (Å²) in [7, 11) is 0. The molecule has 1 aliphatic carbocycles. The summed E-state index contributed by atoms with van der Waals surface area (Å²) in [6, 6.07) is 15.4. The van der Waals surface area contributed by atoms with Gasteiger partial charge in [0.15, 0.2) is 0 Å². The van der Waals surface area contributed by atoms with Crippen molar-refractivity contribution in [1.29, 1.82) is 0 Å². The molecule has 0 radical (unpaired) electrons. The molecule has 0 N–H and O–H groups in total. The van der Waals surface area contributed by atoms with Crippen molar-refractivity contribution in [2.75, 3.05) is 13.1 Å². The van der Waals surface area contributed by atoms with Gasteiger partial charge in [-0.15, -0.1) is 0 Å². The van der Waals surface area contributed by atoms with Crippen LogP contribution in [0.5, 0.6) is 0 Å². The summed E-state index contributed by atoms with van der Waals surface area (Å²) < 4.78 is 13.5. The maximum absolute atomic E-state index is 13.6. The van der Waals surface area contributed by atoms with Crippen molar-refractivity contribution in [1.82, 2.24) is 9.80 Å². The van der Waals surface area contributed by atoms with Crippen LogP contribution >= 0.6 is 0 Å². The van der Waals surface area contributed by atoms with Crippen molar-refractivity contribution in [3.63, 3.8) is 0 Å². The molecule has 0 aromatic heterocycles. The Bertz CT molecular complexity index is 860. The Hall–Kier alpha value is -2.69. The molecular weight excluding hydrogens is 379 g/mol. The fraction of sp³-hybridized carbons (Fsp3) is 0.440. The van der Waals surface area contributed by atoms with Gasteiger partial charge in [-0.2, -0.15) is 0 Å². The minimum Gasteiger partial charge on any atom is -0.328 e. The monoisotopic (exact) mass is 408 g/mol. The maximum atomic E-state index is 13.6. The van der Waals surface area contributed by atoms with Gasteiger partial charge >= 0.3 is 0 Å². The number of hydrogen-bond donors (Lipinski definition) is 0. The fourth-order valence-corrected chi connectivity index (χ4v) is 4.74. The maximum Gasteiger partial charge on any atom is 0.250 e. The molecule has 2 aliphatic rings. The molecule has 30 heavy (non-hydrogen) atoms. The van der Waals surface area contributed by atoms with E-state index in [1.54, 1.807) is 21.9 Å². The number of piperazine rings is 1. The van der Waals surface area contributed by atoms with Crippen LogP contribution in [0.1, 0.15) is 55.7 Å². The van der Waals surface area contributed by atoms with Crippen LogP contribution in [0, 0.1) is 5.82 Å². The number of amides is 2. The Morgan fingerprint density at radius 3 is 2.20 bits per heavy atom. The van der Waals surface area contributed by atoms with E-state index in [-0.39, 0.29) is 30.2 Å². The summed E-state index contributed by atoms with van der Waals surface area (Å²) in [5.41, 5.74) is 1.81. The molecule has 2 amide bonds. The Balaban J connectivity index is 1.60. The molecule has 0 unspecified atom stereocenters. The lowest BCUT2D eigenvalue weighted by atomic mass is 9.97. The molecule has 1 saturated carbocycles. The minimum atomic E-state index is -0.682. The smallest absolute Gasteiger partial charge is 0.250 e. The van der Waals surface area contributed by atoms with Gasteiger partial charge in [-0.25, -0.2) is 4.39 Å². The van der Waals surface area contributed by atoms with Crippen LogP contribution in [-0.4, -0.2) is 40.7 Å². The third kappa shape index (κ3) is 4.55. The first kappa shape index (κ1) is 20.6. The Labute approximate surface area is 177 Å². The van der Waals surface area contributed by atoms with Gasteiger partial charge in [-0.3, -0.25) is 9.59 Å². The number of benzene rings is 2. The van der Waals surface area contributed by atoms with Crippen molar-refractivity contribution >= 4 is 11.8 Å². The van der Waals surface area contributed by atoms with Gasteiger partial charge in [0.2, 0.25) is 5.91 Å². The van der Waals surface area contributed by atoms with E-state index < -0.39 is 6.04 Å². The van der Waals surface area contributed by atoms with E-state index in [9.17, 15) is 14.0 Å². The van der Waals surface area contributed by atoms with Gasteiger partial charge in [0.1, 0.15) is 18.4 Å². The lowest BCUT2D eigenvalue weighted by molar-refractivity contribution is -0.158. The van der Waals surface area contributed by atoms with Gasteiger partial charge in [-0.1, -0.05) is 68.1 Å². The highest BCUT2D eigenvalue weighted by atomic mass is 19.1. The molecule has 4 rings (SSSR count). The van der Waals surface area contributed by atoms with Crippen molar-refractivity contribution in [2.45, 2.75) is 57.0 Å². The molecule has 5 heteroatoms. The molecule has 1 aliphatic heterocycles. The molecule has 4 nitrogen and oxygen atoms in total. The Kier molecular flexibility index (Phi) is 6.46. The largest absolute Gasteiger partial charge is 0.328 e. The number of carbonyl (C=O) groups excluding carboxylic acids is 2. The minimum absolute atomic E-state index is 0.0240. The molecule has 0 bridgehead atoms. The molecule has 2 fully saturated rings. The topological polar surface area (TPSA) is 40.6 Å². The third-order valence-electron chi connectivity index (χ3n) is 6.39. The SMILES string of the molecule is O=C1[C@@H](c2ccc(F)cc2)N(CCc2ccccc2)C(=O)CN1C1CCCCCC1. The standard InChI is InChI=1S/C25H29FN2O2/c26-21-14-12-20(13-15-21)24-25(30)28(22-10-6-1-2-7-11-22)18-23(29)27(24)17-16-19-8-4-3-5-9-19/h3-5,8-9,12-15,22,24H,1-2,6-7,10-11,16-18H2/t24-/m1/s1. The first-order valence-corrected chi connectivity index (χ1v) is 11.0. The van der Waals surface area contributed by atoms with Crippen LogP contribution in [0.15, 0.2) is 54.6 Å². The summed E-state index contributed by atoms with van der Waals surface area (Å²) in [6.45, 7) is 0.616. The highest BCUT2D eigenvalue weighted by Crippen LogP contribution is 2.32. The van der Waals surface area contributed by atoms with Crippen LogP contribution in [0.2, 0.25) is 0 Å². The zero-order chi connectivity index (χ0) is 20.9. The fourth-order valence-electron chi connectivity index (χ4n) is 4.74. The van der Waals surface area contributed by atoms with Gasteiger partial charge < -0.3 is 9.80 Å². The van der Waals surface area contributed by atoms with Crippen LogP contribution in [0.25, 0.3) is 0 Å². The molecule has 2 aromatic carbocycles. The van der Waals surface area contributed by atoms with Crippen molar-refractivity contribution < 1.29 is 14.0 Å². The van der Waals surface area contributed by atoms with Gasteiger partial charge in [0.05, 0.1) is 0 Å². The van der Waals surface area contributed by atoms with Gasteiger partial charge in [-0.05, 0) is 42.5 Å². The molecular formula is C25H29FN2O2. The molecule has 1 saturated heterocycles. The number of carbonyl (C=O) groups is 2. The Morgan fingerprint density at radius 1 is 0.867 bits per heavy atom. The highest BCUT2D eigenvalue weighted by Gasteiger charge is 2.42. The Morgan fingerprint density at radius 2 is 1.53 bits per heavy atom. The molecule has 2 aromatic rings. The normalized spacial score (nSPS) is 21.0. The summed E-state index contributed by atoms with van der Waals surface area (Å²) >= 11 is 0. The molecule has 1 atom stereocenters. The second-order valence-electron chi connectivity index (χ2n) is 8.39. The first-order chi connectivity index (χ1) is 14.6. The van der Waals surface area contributed by atoms with E-state index in [4.69, 9.17) is 0 Å². The molecule has 158 valence electrons. The van der Waals surface area contributed by atoms with Crippen LogP contribution < -0.4 is 0 Å². The average molecular weight is 409 g/mol. The number of hydrogen-bond acceptors (Lipinski definition) is 2. The molecule has 1 heterocycles. The highest BCUT2D eigenvalue weighted by molar-refractivity contribution is 5.95. The van der Waals surface area contributed by atoms with Crippen molar-refractivity contribution in [2.24, 2.45) is 0 Å². The van der Waals surface area contributed by atoms with Crippen LogP contribution in [0.4, 0.5) is 4.39 Å². The second kappa shape index (κ2) is 9.41. The summed E-state index contributed by atoms with van der Waals surface area (Å²) in [5, 5.41) is 0. The van der Waals surface area contributed by atoms with Crippen LogP contribution in [0.3, 0.4) is 0 Å². The zero-order valence-corrected chi connectivity index (χ0v) is 17.3. The van der Waals surface area contributed by atoms with Crippen molar-refractivity contribution in [3.8, 4) is 0 Å². The quantitative estimate of drug-likeness (QED) is 0.684. The number of nitrogens with zero attached hydrogens (tertiary/aromatic N) is 2. The van der Waals surface area contributed by atoms with E-state index in [1.807, 2.05) is 30.3 Å². The van der Waals surface area contributed by atoms with Gasteiger partial charge in [0.25, 0.3) is 5.91 Å². The number of halogens is 1. The summed E-state index contributed by atoms with van der Waals surface area (Å²) in [5.74, 6) is -0.393. The summed E-state index contributed by atoms with van der Waals surface area (Å²) in [6.07, 6.45) is 7.18. The summed E-state index contributed by atoms with van der Waals surface area (Å²) in [4.78, 5) is 30.3. The zero-order valence-electron chi connectivity index (χ0n) is 17.3. The third-order valence-corrected chi connectivity index (χ3v) is 6.39. The average Bonchev–Trinajstić information content (AvgIpc) is 3.05. The first-order valence-electron chi connectivity index (χ1n) is 11.0. The van der Waals surface area contributed by atoms with E-state index in [1.165, 1.54) is 25.0 Å². The van der Waals surface area contributed by atoms with E-state index >= 15 is 0 Å². The predicted molar refractivity (Wildman–Crippen MR) is 114 cm³/mol. The van der Waals surface area contributed by atoms with Crippen molar-refractivity contribution in [3.05, 3.63) is 71.5 Å². The predicted octanol–water partition coefficient (Wildman–Crippen LogP) is 4.50. The van der Waals surface area contributed by atoms with E-state index in [2.05, 4.69) is 0 Å².